The topological polar surface area (TPSA) is 55.4 Å². The molecule has 4 nitrogen and oxygen atoms in total. The molecular formula is C17H14Cl3NO3. The lowest BCUT2D eigenvalue weighted by Crippen LogP contribution is -2.31. The van der Waals surface area contributed by atoms with E-state index in [4.69, 9.17) is 39.5 Å². The molecule has 2 aromatic rings. The summed E-state index contributed by atoms with van der Waals surface area (Å²) >= 11 is 17.5. The van der Waals surface area contributed by atoms with Gasteiger partial charge in [0.05, 0.1) is 16.6 Å². The Bertz CT molecular complexity index is 747. The molecule has 1 atom stereocenters. The standard InChI is InChI=1S/C17H14Cl3NO3/c1-10(11-2-4-12(18)5-3-11)21-16(22)9-24-17(23)14-7-6-13(19)8-15(14)20/h2-8,10H,9H2,1H3,(H,21,22)/t10-/m0/s1. The van der Waals surface area contributed by atoms with Crippen LogP contribution in [0.2, 0.25) is 15.1 Å². The molecule has 0 saturated carbocycles. The summed E-state index contributed by atoms with van der Waals surface area (Å²) < 4.78 is 4.97. The summed E-state index contributed by atoms with van der Waals surface area (Å²) in [7, 11) is 0. The fourth-order valence-electron chi connectivity index (χ4n) is 1.98. The second kappa shape index (κ2) is 8.38. The molecule has 0 saturated heterocycles. The Kier molecular flexibility index (Phi) is 6.49. The van der Waals surface area contributed by atoms with E-state index in [1.165, 1.54) is 18.2 Å². The normalized spacial score (nSPS) is 11.7. The minimum Gasteiger partial charge on any atom is -0.452 e. The highest BCUT2D eigenvalue weighted by Crippen LogP contribution is 2.21. The third-order valence-electron chi connectivity index (χ3n) is 3.23. The second-order valence-electron chi connectivity index (χ2n) is 5.04. The van der Waals surface area contributed by atoms with Gasteiger partial charge in [-0.05, 0) is 42.8 Å². The van der Waals surface area contributed by atoms with Gasteiger partial charge < -0.3 is 10.1 Å². The van der Waals surface area contributed by atoms with Crippen LogP contribution in [-0.4, -0.2) is 18.5 Å². The van der Waals surface area contributed by atoms with Gasteiger partial charge in [0.1, 0.15) is 0 Å². The highest BCUT2D eigenvalue weighted by molar-refractivity contribution is 6.36. The number of halogens is 3. The van der Waals surface area contributed by atoms with Crippen LogP contribution >= 0.6 is 34.8 Å². The molecule has 0 bridgehead atoms. The Balaban J connectivity index is 1.88. The number of hydrogen-bond donors (Lipinski definition) is 1. The van der Waals surface area contributed by atoms with Crippen molar-refractivity contribution in [1.82, 2.24) is 5.32 Å². The molecule has 24 heavy (non-hydrogen) atoms. The number of hydrogen-bond acceptors (Lipinski definition) is 3. The lowest BCUT2D eigenvalue weighted by Gasteiger charge is -2.14. The Labute approximate surface area is 154 Å². The fraction of sp³-hybridized carbons (Fsp3) is 0.176. The van der Waals surface area contributed by atoms with Gasteiger partial charge in [-0.3, -0.25) is 4.79 Å². The molecule has 0 fully saturated rings. The van der Waals surface area contributed by atoms with Crippen LogP contribution < -0.4 is 5.32 Å². The van der Waals surface area contributed by atoms with Gasteiger partial charge in [-0.1, -0.05) is 46.9 Å². The van der Waals surface area contributed by atoms with Crippen LogP contribution in [0.5, 0.6) is 0 Å². The van der Waals surface area contributed by atoms with Crippen LogP contribution in [0, 0.1) is 0 Å². The Morgan fingerprint density at radius 3 is 2.29 bits per heavy atom. The van der Waals surface area contributed by atoms with Crippen molar-refractivity contribution in [3.8, 4) is 0 Å². The zero-order chi connectivity index (χ0) is 17.7. The molecule has 0 aliphatic heterocycles. The van der Waals surface area contributed by atoms with Crippen LogP contribution in [0.25, 0.3) is 0 Å². The van der Waals surface area contributed by atoms with Gasteiger partial charge in [0.15, 0.2) is 6.61 Å². The summed E-state index contributed by atoms with van der Waals surface area (Å²) in [6, 6.07) is 11.3. The quantitative estimate of drug-likeness (QED) is 0.759. The number of benzene rings is 2. The van der Waals surface area contributed by atoms with Gasteiger partial charge in [0, 0.05) is 10.0 Å². The Morgan fingerprint density at radius 1 is 1.04 bits per heavy atom. The monoisotopic (exact) mass is 385 g/mol. The maximum absolute atomic E-state index is 11.9. The third-order valence-corrected chi connectivity index (χ3v) is 4.03. The first-order chi connectivity index (χ1) is 11.4. The van der Waals surface area contributed by atoms with Crippen molar-refractivity contribution in [3.05, 3.63) is 68.7 Å². The average molecular weight is 387 g/mol. The fourth-order valence-corrected chi connectivity index (χ4v) is 2.59. The summed E-state index contributed by atoms with van der Waals surface area (Å²) in [6.07, 6.45) is 0. The van der Waals surface area contributed by atoms with Crippen LogP contribution in [0.4, 0.5) is 0 Å². The van der Waals surface area contributed by atoms with E-state index in [2.05, 4.69) is 5.32 Å². The minimum atomic E-state index is -0.689. The van der Waals surface area contributed by atoms with Gasteiger partial charge in [-0.15, -0.1) is 0 Å². The molecule has 0 aromatic heterocycles. The molecule has 0 aliphatic carbocycles. The van der Waals surface area contributed by atoms with Crippen LogP contribution in [0.3, 0.4) is 0 Å². The zero-order valence-corrected chi connectivity index (χ0v) is 15.0. The summed E-state index contributed by atoms with van der Waals surface area (Å²) in [6.45, 7) is 1.41. The first-order valence-corrected chi connectivity index (χ1v) is 8.17. The van der Waals surface area contributed by atoms with Gasteiger partial charge in [0.25, 0.3) is 5.91 Å². The van der Waals surface area contributed by atoms with Gasteiger partial charge >= 0.3 is 5.97 Å². The van der Waals surface area contributed by atoms with Crippen molar-refractivity contribution in [1.29, 1.82) is 0 Å². The van der Waals surface area contributed by atoms with E-state index in [0.29, 0.717) is 10.0 Å². The van der Waals surface area contributed by atoms with Gasteiger partial charge in [0.2, 0.25) is 0 Å². The number of ether oxygens (including phenoxy) is 1. The van der Waals surface area contributed by atoms with Crippen LogP contribution in [-0.2, 0) is 9.53 Å². The van der Waals surface area contributed by atoms with E-state index in [0.717, 1.165) is 5.56 Å². The van der Waals surface area contributed by atoms with Crippen molar-refractivity contribution in [2.45, 2.75) is 13.0 Å². The Morgan fingerprint density at radius 2 is 1.67 bits per heavy atom. The number of rotatable bonds is 5. The predicted molar refractivity (Wildman–Crippen MR) is 94.8 cm³/mol. The van der Waals surface area contributed by atoms with Crippen molar-refractivity contribution >= 4 is 46.7 Å². The van der Waals surface area contributed by atoms with E-state index in [-0.39, 0.29) is 16.6 Å². The van der Waals surface area contributed by atoms with E-state index in [1.54, 1.807) is 12.1 Å². The largest absolute Gasteiger partial charge is 0.452 e. The predicted octanol–water partition coefficient (Wildman–Crippen LogP) is 4.68. The summed E-state index contributed by atoms with van der Waals surface area (Å²) in [4.78, 5) is 23.8. The van der Waals surface area contributed by atoms with Crippen LogP contribution in [0.15, 0.2) is 42.5 Å². The maximum atomic E-state index is 11.9. The molecule has 0 aliphatic rings. The smallest absolute Gasteiger partial charge is 0.340 e. The lowest BCUT2D eigenvalue weighted by atomic mass is 10.1. The van der Waals surface area contributed by atoms with E-state index in [1.807, 2.05) is 19.1 Å². The molecule has 7 heteroatoms. The number of esters is 1. The molecule has 126 valence electrons. The maximum Gasteiger partial charge on any atom is 0.340 e. The minimum absolute atomic E-state index is 0.152. The highest BCUT2D eigenvalue weighted by atomic mass is 35.5. The van der Waals surface area contributed by atoms with E-state index in [9.17, 15) is 9.59 Å². The molecule has 2 rings (SSSR count). The molecule has 0 heterocycles. The Hall–Kier alpha value is -1.75. The number of carbonyl (C=O) groups excluding carboxylic acids is 2. The molecule has 0 unspecified atom stereocenters. The summed E-state index contributed by atoms with van der Waals surface area (Å²) in [5.74, 6) is -1.11. The lowest BCUT2D eigenvalue weighted by molar-refractivity contribution is -0.124. The molecule has 1 N–H and O–H groups in total. The third kappa shape index (κ3) is 5.13. The SMILES string of the molecule is C[C@H](NC(=O)COC(=O)c1ccc(Cl)cc1Cl)c1ccc(Cl)cc1. The van der Waals surface area contributed by atoms with Gasteiger partial charge in [-0.2, -0.15) is 0 Å². The van der Waals surface area contributed by atoms with Gasteiger partial charge in [-0.25, -0.2) is 4.79 Å². The average Bonchev–Trinajstić information content (AvgIpc) is 2.53. The van der Waals surface area contributed by atoms with Crippen molar-refractivity contribution in [2.24, 2.45) is 0 Å². The molecule has 1 amide bonds. The van der Waals surface area contributed by atoms with Crippen molar-refractivity contribution in [2.75, 3.05) is 6.61 Å². The number of nitrogens with one attached hydrogen (secondary N) is 1. The zero-order valence-electron chi connectivity index (χ0n) is 12.7. The van der Waals surface area contributed by atoms with E-state index < -0.39 is 18.5 Å². The van der Waals surface area contributed by atoms with Crippen molar-refractivity contribution in [3.63, 3.8) is 0 Å². The first-order valence-electron chi connectivity index (χ1n) is 7.04. The number of carbonyl (C=O) groups is 2. The molecule has 2 aromatic carbocycles. The first kappa shape index (κ1) is 18.6. The molecular weight excluding hydrogens is 373 g/mol. The van der Waals surface area contributed by atoms with Crippen LogP contribution in [0.1, 0.15) is 28.9 Å². The van der Waals surface area contributed by atoms with Crippen molar-refractivity contribution < 1.29 is 14.3 Å². The molecule has 0 spiro atoms. The van der Waals surface area contributed by atoms with E-state index >= 15 is 0 Å². The summed E-state index contributed by atoms with van der Waals surface area (Å²) in [5, 5.41) is 3.93. The highest BCUT2D eigenvalue weighted by Gasteiger charge is 2.15. The second-order valence-corrected chi connectivity index (χ2v) is 6.32. The molecule has 0 radical (unpaired) electrons. The summed E-state index contributed by atoms with van der Waals surface area (Å²) in [5.41, 5.74) is 1.04. The number of amides is 1.